The number of rotatable bonds is 7. The first-order chi connectivity index (χ1) is 20.4. The third kappa shape index (κ3) is 5.79. The van der Waals surface area contributed by atoms with Crippen molar-refractivity contribution < 1.29 is 74.1 Å². The molecule has 234 valence electrons. The zero-order chi connectivity index (χ0) is 31.2. The standard InChI is InChI=1S/C27H30O16/c1-38-14-4-9(2-3-11(14)29)24-25(20(34)17-12(30)5-10(28)6-15(17)41-24)43-27-23(37)21(35)19(33)16(42-27)8-40-26-22(36)18(32)13(31)7-39-26/h2-6,13,16,18-19,21-23,26-33,35-37H,7-8H2,1H3. The van der Waals surface area contributed by atoms with Crippen LogP contribution in [-0.2, 0) is 14.2 Å². The van der Waals surface area contributed by atoms with Gasteiger partial charge in [-0.05, 0) is 18.2 Å². The maximum atomic E-state index is 13.6. The van der Waals surface area contributed by atoms with Crippen LogP contribution in [0, 0.1) is 0 Å². The van der Waals surface area contributed by atoms with Crippen LogP contribution in [0.25, 0.3) is 22.3 Å². The molecule has 0 spiro atoms. The molecule has 16 nitrogen and oxygen atoms in total. The molecule has 16 heteroatoms. The van der Waals surface area contributed by atoms with Gasteiger partial charge in [0.1, 0.15) is 65.2 Å². The molecule has 2 aliphatic rings. The normalized spacial score (nSPS) is 31.2. The van der Waals surface area contributed by atoms with Crippen LogP contribution in [0.4, 0.5) is 0 Å². The van der Waals surface area contributed by atoms with Crippen LogP contribution < -0.4 is 14.9 Å². The number of hydrogen-bond donors (Lipinski definition) is 9. The van der Waals surface area contributed by atoms with Gasteiger partial charge in [0.25, 0.3) is 0 Å². The second-order valence-corrected chi connectivity index (χ2v) is 10.0. The number of aliphatic hydroxyl groups is 6. The number of fused-ring (bicyclic) bond motifs is 1. The number of phenolic OH excluding ortho intramolecular Hbond substituents is 3. The molecule has 2 aromatic carbocycles. The Morgan fingerprint density at radius 1 is 0.860 bits per heavy atom. The summed E-state index contributed by atoms with van der Waals surface area (Å²) in [6.45, 7) is -0.943. The first-order valence-electron chi connectivity index (χ1n) is 12.9. The fraction of sp³-hybridized carbons (Fsp3) is 0.444. The number of aliphatic hydroxyl groups excluding tert-OH is 6. The summed E-state index contributed by atoms with van der Waals surface area (Å²) in [5.74, 6) is -2.27. The second-order valence-electron chi connectivity index (χ2n) is 10.0. The molecule has 0 aliphatic carbocycles. The zero-order valence-electron chi connectivity index (χ0n) is 22.4. The zero-order valence-corrected chi connectivity index (χ0v) is 22.4. The number of phenols is 3. The van der Waals surface area contributed by atoms with Crippen LogP contribution in [0.2, 0.25) is 0 Å². The van der Waals surface area contributed by atoms with Gasteiger partial charge in [-0.25, -0.2) is 0 Å². The fourth-order valence-corrected chi connectivity index (χ4v) is 4.77. The molecule has 3 heterocycles. The van der Waals surface area contributed by atoms with Gasteiger partial charge >= 0.3 is 0 Å². The van der Waals surface area contributed by atoms with E-state index in [-0.39, 0.29) is 35.0 Å². The largest absolute Gasteiger partial charge is 0.508 e. The van der Waals surface area contributed by atoms with Crippen LogP contribution in [0.1, 0.15) is 0 Å². The Kier molecular flexibility index (Phi) is 8.66. The monoisotopic (exact) mass is 610 g/mol. The first-order valence-corrected chi connectivity index (χ1v) is 12.9. The summed E-state index contributed by atoms with van der Waals surface area (Å²) in [7, 11) is 1.28. The van der Waals surface area contributed by atoms with Crippen molar-refractivity contribution in [3.63, 3.8) is 0 Å². The minimum atomic E-state index is -1.94. The number of ether oxygens (including phenoxy) is 5. The fourth-order valence-electron chi connectivity index (χ4n) is 4.77. The molecular formula is C27H30O16. The Morgan fingerprint density at radius 2 is 1.58 bits per heavy atom. The SMILES string of the molecule is COc1cc(-c2oc3cc(O)cc(O)c3c(=O)c2OC2OC(COC3OCC(O)C(O)C3O)C(O)C(O)C2O)ccc1O. The Balaban J connectivity index is 1.49. The topological polar surface area (TPSA) is 258 Å². The quantitative estimate of drug-likeness (QED) is 0.143. The van der Waals surface area contributed by atoms with Crippen molar-refractivity contribution in [2.75, 3.05) is 20.3 Å². The maximum absolute atomic E-state index is 13.6. The smallest absolute Gasteiger partial charge is 0.239 e. The molecule has 3 aromatic rings. The molecular weight excluding hydrogens is 580 g/mol. The van der Waals surface area contributed by atoms with E-state index in [1.807, 2.05) is 0 Å². The third-order valence-electron chi connectivity index (χ3n) is 7.14. The van der Waals surface area contributed by atoms with E-state index >= 15 is 0 Å². The molecule has 0 saturated carbocycles. The summed E-state index contributed by atoms with van der Waals surface area (Å²) < 4.78 is 32.9. The molecule has 0 bridgehead atoms. The molecule has 1 aromatic heterocycles. The average Bonchev–Trinajstić information content (AvgIpc) is 2.97. The van der Waals surface area contributed by atoms with Crippen LogP contribution in [-0.4, -0.2) is 122 Å². The van der Waals surface area contributed by atoms with Gasteiger partial charge in [-0.15, -0.1) is 0 Å². The van der Waals surface area contributed by atoms with Crippen LogP contribution in [0.15, 0.2) is 39.5 Å². The highest BCUT2D eigenvalue weighted by atomic mass is 16.7. The average molecular weight is 611 g/mol. The van der Waals surface area contributed by atoms with Crippen LogP contribution >= 0.6 is 0 Å². The minimum absolute atomic E-state index is 0.0144. The van der Waals surface area contributed by atoms with E-state index in [0.29, 0.717) is 0 Å². The molecule has 2 saturated heterocycles. The lowest BCUT2D eigenvalue weighted by molar-refractivity contribution is -0.307. The van der Waals surface area contributed by atoms with Crippen molar-refractivity contribution >= 4 is 11.0 Å². The predicted octanol–water partition coefficient (Wildman–Crippen LogP) is -1.77. The lowest BCUT2D eigenvalue weighted by atomic mass is 9.99. The highest BCUT2D eigenvalue weighted by Gasteiger charge is 2.47. The van der Waals surface area contributed by atoms with Crippen molar-refractivity contribution in [1.82, 2.24) is 0 Å². The summed E-state index contributed by atoms with van der Waals surface area (Å²) >= 11 is 0. The number of hydrogen-bond acceptors (Lipinski definition) is 16. The molecule has 5 rings (SSSR count). The lowest BCUT2D eigenvalue weighted by Crippen LogP contribution is -2.61. The van der Waals surface area contributed by atoms with E-state index in [1.165, 1.54) is 25.3 Å². The van der Waals surface area contributed by atoms with Gasteiger partial charge in [-0.3, -0.25) is 4.79 Å². The van der Waals surface area contributed by atoms with E-state index in [1.54, 1.807) is 0 Å². The predicted molar refractivity (Wildman–Crippen MR) is 140 cm³/mol. The van der Waals surface area contributed by atoms with Gasteiger partial charge in [-0.2, -0.15) is 0 Å². The molecule has 0 radical (unpaired) electrons. The van der Waals surface area contributed by atoms with E-state index in [9.17, 15) is 50.8 Å². The van der Waals surface area contributed by atoms with E-state index in [0.717, 1.165) is 12.1 Å². The van der Waals surface area contributed by atoms with Crippen LogP contribution in [0.5, 0.6) is 28.7 Å². The molecule has 9 unspecified atom stereocenters. The molecule has 43 heavy (non-hydrogen) atoms. The third-order valence-corrected chi connectivity index (χ3v) is 7.14. The van der Waals surface area contributed by atoms with Gasteiger partial charge in [0.2, 0.25) is 17.5 Å². The maximum Gasteiger partial charge on any atom is 0.239 e. The first kappa shape index (κ1) is 30.7. The molecule has 9 atom stereocenters. The Bertz CT molecular complexity index is 1520. The highest BCUT2D eigenvalue weighted by Crippen LogP contribution is 2.39. The number of benzene rings is 2. The van der Waals surface area contributed by atoms with Crippen molar-refractivity contribution in [2.24, 2.45) is 0 Å². The second kappa shape index (κ2) is 12.1. The number of aromatic hydroxyl groups is 3. The van der Waals surface area contributed by atoms with Crippen molar-refractivity contribution in [3.8, 4) is 40.1 Å². The lowest BCUT2D eigenvalue weighted by Gasteiger charge is -2.41. The minimum Gasteiger partial charge on any atom is -0.508 e. The van der Waals surface area contributed by atoms with Crippen molar-refractivity contribution in [2.45, 2.75) is 55.3 Å². The van der Waals surface area contributed by atoms with Crippen molar-refractivity contribution in [1.29, 1.82) is 0 Å². The Morgan fingerprint density at radius 3 is 2.30 bits per heavy atom. The molecule has 9 N–H and O–H groups in total. The summed E-state index contributed by atoms with van der Waals surface area (Å²) in [5, 5.41) is 91.3. The van der Waals surface area contributed by atoms with E-state index < -0.39 is 90.0 Å². The molecule has 0 amide bonds. The molecule has 2 fully saturated rings. The van der Waals surface area contributed by atoms with Gasteiger partial charge in [-0.1, -0.05) is 0 Å². The summed E-state index contributed by atoms with van der Waals surface area (Å²) in [6.07, 6.45) is -14.9. The van der Waals surface area contributed by atoms with Gasteiger partial charge in [0.05, 0.1) is 20.3 Å². The van der Waals surface area contributed by atoms with Crippen molar-refractivity contribution in [3.05, 3.63) is 40.6 Å². The summed E-state index contributed by atoms with van der Waals surface area (Å²) in [6, 6.07) is 5.83. The summed E-state index contributed by atoms with van der Waals surface area (Å²) in [4.78, 5) is 13.6. The van der Waals surface area contributed by atoms with Gasteiger partial charge in [0, 0.05) is 17.7 Å². The molecule has 2 aliphatic heterocycles. The highest BCUT2D eigenvalue weighted by molar-refractivity contribution is 5.88. The number of methoxy groups -OCH3 is 1. The Labute approximate surface area is 241 Å². The van der Waals surface area contributed by atoms with E-state index in [4.69, 9.17) is 28.1 Å². The van der Waals surface area contributed by atoms with Gasteiger partial charge in [0.15, 0.2) is 23.5 Å². The van der Waals surface area contributed by atoms with Crippen LogP contribution in [0.3, 0.4) is 0 Å². The van der Waals surface area contributed by atoms with E-state index in [2.05, 4.69) is 0 Å². The summed E-state index contributed by atoms with van der Waals surface area (Å²) in [5.41, 5.74) is -1.11. The van der Waals surface area contributed by atoms with Gasteiger partial charge < -0.3 is 74.1 Å². The Hall–Kier alpha value is -3.71.